The molecule has 2 aliphatic rings. The fourth-order valence-electron chi connectivity index (χ4n) is 3.68. The Labute approximate surface area is 122 Å². The van der Waals surface area contributed by atoms with Gasteiger partial charge in [-0.3, -0.25) is 0 Å². The van der Waals surface area contributed by atoms with Crippen LogP contribution in [0.5, 0.6) is 5.75 Å². The van der Waals surface area contributed by atoms with Crippen molar-refractivity contribution in [1.29, 1.82) is 0 Å². The smallest absolute Gasteiger partial charge is 0.122 e. The van der Waals surface area contributed by atoms with E-state index < -0.39 is 0 Å². The fraction of sp³-hybridized carbons (Fsp3) is 0.667. The highest BCUT2D eigenvalue weighted by Gasteiger charge is 2.32. The Kier molecular flexibility index (Phi) is 3.76. The summed E-state index contributed by atoms with van der Waals surface area (Å²) in [5, 5.41) is 3.88. The minimum Gasteiger partial charge on any atom is -0.493 e. The number of benzene rings is 1. The van der Waals surface area contributed by atoms with Gasteiger partial charge < -0.3 is 10.1 Å². The molecule has 0 radical (unpaired) electrons. The molecule has 1 N–H and O–H groups in total. The number of fused-ring (bicyclic) bond motifs is 1. The summed E-state index contributed by atoms with van der Waals surface area (Å²) in [6, 6.07) is 7.74. The molecule has 0 saturated heterocycles. The monoisotopic (exact) mass is 273 g/mol. The van der Waals surface area contributed by atoms with E-state index in [4.69, 9.17) is 4.74 Å². The largest absolute Gasteiger partial charge is 0.493 e. The van der Waals surface area contributed by atoms with Gasteiger partial charge in [0.2, 0.25) is 0 Å². The highest BCUT2D eigenvalue weighted by atomic mass is 16.5. The molecule has 2 heteroatoms. The van der Waals surface area contributed by atoms with Gasteiger partial charge in [-0.1, -0.05) is 38.8 Å². The predicted molar refractivity (Wildman–Crippen MR) is 83.2 cm³/mol. The summed E-state index contributed by atoms with van der Waals surface area (Å²) in [6.07, 6.45) is 6.47. The van der Waals surface area contributed by atoms with E-state index >= 15 is 0 Å². The van der Waals surface area contributed by atoms with Crippen LogP contribution in [0.1, 0.15) is 63.6 Å². The van der Waals surface area contributed by atoms with Gasteiger partial charge in [-0.15, -0.1) is 0 Å². The van der Waals surface area contributed by atoms with Gasteiger partial charge >= 0.3 is 0 Å². The van der Waals surface area contributed by atoms with Crippen molar-refractivity contribution in [3.05, 3.63) is 29.3 Å². The Hall–Kier alpha value is -1.02. The molecule has 0 bridgehead atoms. The molecule has 20 heavy (non-hydrogen) atoms. The lowest BCUT2D eigenvalue weighted by molar-refractivity contribution is 0.157. The number of hydrogen-bond donors (Lipinski definition) is 1. The Morgan fingerprint density at radius 2 is 2.15 bits per heavy atom. The average molecular weight is 273 g/mol. The second-order valence-corrected chi connectivity index (χ2v) is 7.14. The highest BCUT2D eigenvalue weighted by Crippen LogP contribution is 2.37. The van der Waals surface area contributed by atoms with E-state index in [1.54, 1.807) is 0 Å². The average Bonchev–Trinajstić information content (AvgIpc) is 2.88. The topological polar surface area (TPSA) is 21.3 Å². The number of nitrogens with one attached hydrogen (secondary N) is 1. The van der Waals surface area contributed by atoms with Crippen molar-refractivity contribution >= 4 is 0 Å². The van der Waals surface area contributed by atoms with Gasteiger partial charge in [0.15, 0.2) is 0 Å². The van der Waals surface area contributed by atoms with Crippen LogP contribution in [-0.4, -0.2) is 12.6 Å². The molecule has 2 unspecified atom stereocenters. The lowest BCUT2D eigenvalue weighted by Crippen LogP contribution is -2.45. The molecular formula is C18H27NO. The van der Waals surface area contributed by atoms with Crippen LogP contribution in [0.15, 0.2) is 18.2 Å². The second-order valence-electron chi connectivity index (χ2n) is 7.14. The summed E-state index contributed by atoms with van der Waals surface area (Å²) < 4.78 is 5.60. The lowest BCUT2D eigenvalue weighted by Gasteiger charge is -2.41. The third-order valence-electron chi connectivity index (χ3n) is 5.17. The SMILES string of the molecule is CC(NC1CCCCC1(C)C)c1ccc2c(c1)CCO2. The maximum Gasteiger partial charge on any atom is 0.122 e. The van der Waals surface area contributed by atoms with Gasteiger partial charge in [0.25, 0.3) is 0 Å². The van der Waals surface area contributed by atoms with Crippen molar-refractivity contribution in [2.24, 2.45) is 5.41 Å². The summed E-state index contributed by atoms with van der Waals surface area (Å²) in [5.41, 5.74) is 3.20. The second kappa shape index (κ2) is 5.40. The van der Waals surface area contributed by atoms with Crippen LogP contribution in [0.2, 0.25) is 0 Å². The van der Waals surface area contributed by atoms with Gasteiger partial charge in [-0.2, -0.15) is 0 Å². The third-order valence-corrected chi connectivity index (χ3v) is 5.17. The molecule has 0 spiro atoms. The van der Waals surface area contributed by atoms with E-state index in [9.17, 15) is 0 Å². The van der Waals surface area contributed by atoms with E-state index in [2.05, 4.69) is 44.3 Å². The molecule has 1 aromatic rings. The quantitative estimate of drug-likeness (QED) is 0.889. The van der Waals surface area contributed by atoms with E-state index in [0.29, 0.717) is 17.5 Å². The predicted octanol–water partition coefficient (Wildman–Crippen LogP) is 4.24. The van der Waals surface area contributed by atoms with Gasteiger partial charge in [0, 0.05) is 18.5 Å². The van der Waals surface area contributed by atoms with Crippen molar-refractivity contribution in [3.8, 4) is 5.75 Å². The molecule has 110 valence electrons. The zero-order valence-corrected chi connectivity index (χ0v) is 13.0. The summed E-state index contributed by atoms with van der Waals surface area (Å²) in [4.78, 5) is 0. The van der Waals surface area contributed by atoms with E-state index in [0.717, 1.165) is 18.8 Å². The molecule has 0 amide bonds. The number of rotatable bonds is 3. The first-order valence-electron chi connectivity index (χ1n) is 8.08. The molecule has 1 aliphatic carbocycles. The van der Waals surface area contributed by atoms with Gasteiger partial charge in [-0.25, -0.2) is 0 Å². The van der Waals surface area contributed by atoms with Crippen LogP contribution >= 0.6 is 0 Å². The molecular weight excluding hydrogens is 246 g/mol. The molecule has 1 heterocycles. The summed E-state index contributed by atoms with van der Waals surface area (Å²) in [7, 11) is 0. The Balaban J connectivity index is 1.71. The van der Waals surface area contributed by atoms with Gasteiger partial charge in [0.1, 0.15) is 5.75 Å². The van der Waals surface area contributed by atoms with Crippen molar-refractivity contribution < 1.29 is 4.74 Å². The van der Waals surface area contributed by atoms with Crippen LogP contribution in [0.4, 0.5) is 0 Å². The summed E-state index contributed by atoms with van der Waals surface area (Å²) >= 11 is 0. The Morgan fingerprint density at radius 1 is 1.30 bits per heavy atom. The van der Waals surface area contributed by atoms with E-state index in [1.807, 2.05) is 0 Å². The molecule has 1 fully saturated rings. The standard InChI is InChI=1S/C18H27NO/c1-13(19-17-6-4-5-10-18(17,2)3)14-7-8-16-15(12-14)9-11-20-16/h7-8,12-13,17,19H,4-6,9-11H2,1-3H3. The van der Waals surface area contributed by atoms with Crippen molar-refractivity contribution in [1.82, 2.24) is 5.32 Å². The maximum absolute atomic E-state index is 5.60. The first kappa shape index (κ1) is 13.9. The summed E-state index contributed by atoms with van der Waals surface area (Å²) in [6.45, 7) is 7.96. The molecule has 1 aromatic carbocycles. The summed E-state index contributed by atoms with van der Waals surface area (Å²) in [5.74, 6) is 1.08. The van der Waals surface area contributed by atoms with Crippen LogP contribution < -0.4 is 10.1 Å². The molecule has 1 saturated carbocycles. The van der Waals surface area contributed by atoms with Crippen molar-refractivity contribution in [3.63, 3.8) is 0 Å². The zero-order chi connectivity index (χ0) is 14.2. The lowest BCUT2D eigenvalue weighted by atomic mass is 9.73. The number of ether oxygens (including phenoxy) is 1. The van der Waals surface area contributed by atoms with Gasteiger partial charge in [0.05, 0.1) is 6.61 Å². The zero-order valence-electron chi connectivity index (χ0n) is 13.0. The molecule has 3 rings (SSSR count). The first-order valence-corrected chi connectivity index (χ1v) is 8.08. The van der Waals surface area contributed by atoms with Crippen molar-refractivity contribution in [2.75, 3.05) is 6.61 Å². The minimum atomic E-state index is 0.420. The van der Waals surface area contributed by atoms with Crippen LogP contribution in [0, 0.1) is 5.41 Å². The van der Waals surface area contributed by atoms with Crippen LogP contribution in [0.3, 0.4) is 0 Å². The maximum atomic E-state index is 5.60. The molecule has 0 aromatic heterocycles. The third kappa shape index (κ3) is 2.71. The van der Waals surface area contributed by atoms with E-state index in [1.165, 1.54) is 36.8 Å². The fourth-order valence-corrected chi connectivity index (χ4v) is 3.68. The van der Waals surface area contributed by atoms with Gasteiger partial charge in [-0.05, 0) is 42.4 Å². The first-order chi connectivity index (χ1) is 9.56. The molecule has 1 aliphatic heterocycles. The van der Waals surface area contributed by atoms with E-state index in [-0.39, 0.29) is 0 Å². The Bertz CT molecular complexity index is 480. The van der Waals surface area contributed by atoms with Crippen molar-refractivity contribution in [2.45, 2.75) is 65.0 Å². The van der Waals surface area contributed by atoms with Crippen LogP contribution in [0.25, 0.3) is 0 Å². The van der Waals surface area contributed by atoms with Crippen LogP contribution in [-0.2, 0) is 6.42 Å². The molecule has 2 nitrogen and oxygen atoms in total. The highest BCUT2D eigenvalue weighted by molar-refractivity contribution is 5.40. The normalized spacial score (nSPS) is 25.9. The minimum absolute atomic E-state index is 0.420. The Morgan fingerprint density at radius 3 is 2.95 bits per heavy atom. The molecule has 2 atom stereocenters. The number of hydrogen-bond acceptors (Lipinski definition) is 2.